The quantitative estimate of drug-likeness (QED) is 0.790. The molecule has 3 nitrogen and oxygen atoms in total. The summed E-state index contributed by atoms with van der Waals surface area (Å²) in [4.78, 5) is 0. The van der Waals surface area contributed by atoms with Crippen LogP contribution in [0.2, 0.25) is 0 Å². The van der Waals surface area contributed by atoms with Crippen molar-refractivity contribution < 1.29 is 5.11 Å². The molecule has 23 heavy (non-hydrogen) atoms. The van der Waals surface area contributed by atoms with Crippen molar-refractivity contribution in [2.45, 2.75) is 51.4 Å². The standard InChI is InChI=1S/C20H28N2O/c1-20-11-10-16-15-7-5-14(23)12-13(15)4-6-17(16)18(20)8-9-19(20)21-22(2)3/h5,7,12,16-18,23H,4,6,8-11H2,1-3H3/b21-19+. The van der Waals surface area contributed by atoms with E-state index in [1.54, 1.807) is 0 Å². The van der Waals surface area contributed by atoms with Crippen LogP contribution in [0.4, 0.5) is 0 Å². The van der Waals surface area contributed by atoms with Crippen LogP contribution in [0.15, 0.2) is 23.3 Å². The number of phenolic OH excluding ortho intramolecular Hbond substituents is 1. The predicted octanol–water partition coefficient (Wildman–Crippen LogP) is 4.17. The molecule has 4 unspecified atom stereocenters. The molecular weight excluding hydrogens is 284 g/mol. The lowest BCUT2D eigenvalue weighted by molar-refractivity contribution is 0.0948. The van der Waals surface area contributed by atoms with Gasteiger partial charge in [-0.15, -0.1) is 0 Å². The summed E-state index contributed by atoms with van der Waals surface area (Å²) in [5.74, 6) is 2.68. The van der Waals surface area contributed by atoms with Gasteiger partial charge in [0.1, 0.15) is 5.75 Å². The molecule has 3 heteroatoms. The SMILES string of the molecule is CN(C)/N=C1\CCC2C3CCc4cc(O)ccc4C3CCC12C. The van der Waals surface area contributed by atoms with Crippen LogP contribution < -0.4 is 0 Å². The molecule has 0 aromatic heterocycles. The summed E-state index contributed by atoms with van der Waals surface area (Å²) in [6.45, 7) is 2.47. The van der Waals surface area contributed by atoms with E-state index in [0.717, 1.165) is 18.3 Å². The third kappa shape index (κ3) is 2.28. The van der Waals surface area contributed by atoms with Crippen molar-refractivity contribution in [1.82, 2.24) is 5.01 Å². The second-order valence-electron chi connectivity index (χ2n) is 8.19. The van der Waals surface area contributed by atoms with E-state index < -0.39 is 0 Å². The van der Waals surface area contributed by atoms with Crippen molar-refractivity contribution in [2.75, 3.05) is 14.1 Å². The summed E-state index contributed by atoms with van der Waals surface area (Å²) in [7, 11) is 4.08. The molecule has 2 fully saturated rings. The van der Waals surface area contributed by atoms with Gasteiger partial charge in [-0.3, -0.25) is 0 Å². The Balaban J connectivity index is 1.67. The highest BCUT2D eigenvalue weighted by atomic mass is 16.3. The van der Waals surface area contributed by atoms with E-state index in [1.807, 2.05) is 31.2 Å². The Kier molecular flexibility index (Phi) is 3.44. The van der Waals surface area contributed by atoms with Gasteiger partial charge in [0, 0.05) is 25.2 Å². The number of aryl methyl sites for hydroxylation is 1. The third-order valence-corrected chi connectivity index (χ3v) is 6.77. The van der Waals surface area contributed by atoms with Gasteiger partial charge in [0.2, 0.25) is 0 Å². The molecule has 1 N–H and O–H groups in total. The molecule has 0 radical (unpaired) electrons. The topological polar surface area (TPSA) is 35.8 Å². The largest absolute Gasteiger partial charge is 0.508 e. The molecule has 124 valence electrons. The Morgan fingerprint density at radius 1 is 1.17 bits per heavy atom. The lowest BCUT2D eigenvalue weighted by Gasteiger charge is -2.49. The van der Waals surface area contributed by atoms with Gasteiger partial charge in [0.05, 0.1) is 0 Å². The van der Waals surface area contributed by atoms with E-state index in [1.165, 1.54) is 48.9 Å². The first-order valence-electron chi connectivity index (χ1n) is 9.06. The maximum Gasteiger partial charge on any atom is 0.115 e. The molecule has 1 aromatic rings. The summed E-state index contributed by atoms with van der Waals surface area (Å²) in [5.41, 5.74) is 4.64. The first-order chi connectivity index (χ1) is 11.0. The second-order valence-corrected chi connectivity index (χ2v) is 8.19. The van der Waals surface area contributed by atoms with Gasteiger partial charge >= 0.3 is 0 Å². The number of hydrogen-bond acceptors (Lipinski definition) is 3. The Hall–Kier alpha value is -1.51. The van der Waals surface area contributed by atoms with Crippen LogP contribution in [0.1, 0.15) is 56.1 Å². The molecule has 0 spiro atoms. The number of phenols is 1. The second kappa shape index (κ2) is 5.25. The minimum Gasteiger partial charge on any atom is -0.508 e. The number of hydrazone groups is 1. The summed E-state index contributed by atoms with van der Waals surface area (Å²) in [6, 6.07) is 6.06. The van der Waals surface area contributed by atoms with Gasteiger partial charge in [0.25, 0.3) is 0 Å². The number of fused-ring (bicyclic) bond motifs is 5. The van der Waals surface area contributed by atoms with Crippen molar-refractivity contribution >= 4 is 5.71 Å². The number of benzene rings is 1. The smallest absolute Gasteiger partial charge is 0.115 e. The summed E-state index contributed by atoms with van der Waals surface area (Å²) < 4.78 is 0. The lowest BCUT2D eigenvalue weighted by Crippen LogP contribution is -2.42. The molecular formula is C20H28N2O. The fraction of sp³-hybridized carbons (Fsp3) is 0.650. The molecule has 3 aliphatic rings. The normalized spacial score (nSPS) is 37.2. The van der Waals surface area contributed by atoms with Gasteiger partial charge < -0.3 is 10.1 Å². The summed E-state index contributed by atoms with van der Waals surface area (Å²) in [5, 5.41) is 16.6. The lowest BCUT2D eigenvalue weighted by atomic mass is 9.55. The highest BCUT2D eigenvalue weighted by Crippen LogP contribution is 2.59. The van der Waals surface area contributed by atoms with Crippen LogP contribution in [0.3, 0.4) is 0 Å². The minimum absolute atomic E-state index is 0.305. The molecule has 0 aliphatic heterocycles. The average Bonchev–Trinajstić information content (AvgIpc) is 2.83. The van der Waals surface area contributed by atoms with Crippen LogP contribution in [-0.4, -0.2) is 29.9 Å². The number of rotatable bonds is 1. The number of aromatic hydroxyl groups is 1. The molecule has 2 saturated carbocycles. The van der Waals surface area contributed by atoms with Gasteiger partial charge in [-0.25, -0.2) is 0 Å². The van der Waals surface area contributed by atoms with E-state index in [9.17, 15) is 5.11 Å². The van der Waals surface area contributed by atoms with E-state index in [-0.39, 0.29) is 0 Å². The third-order valence-electron chi connectivity index (χ3n) is 6.77. The maximum absolute atomic E-state index is 9.77. The molecule has 3 aliphatic carbocycles. The molecule has 0 saturated heterocycles. The van der Waals surface area contributed by atoms with Crippen molar-refractivity contribution in [1.29, 1.82) is 0 Å². The van der Waals surface area contributed by atoms with Crippen molar-refractivity contribution in [2.24, 2.45) is 22.4 Å². The fourth-order valence-corrected chi connectivity index (χ4v) is 5.76. The van der Waals surface area contributed by atoms with Crippen molar-refractivity contribution in [3.8, 4) is 5.75 Å². The number of hydrogen-bond donors (Lipinski definition) is 1. The molecule has 0 heterocycles. The zero-order chi connectivity index (χ0) is 16.2. The van der Waals surface area contributed by atoms with E-state index in [2.05, 4.69) is 13.0 Å². The van der Waals surface area contributed by atoms with Gasteiger partial charge in [0.15, 0.2) is 0 Å². The fourth-order valence-electron chi connectivity index (χ4n) is 5.76. The monoisotopic (exact) mass is 312 g/mol. The number of nitrogens with zero attached hydrogens (tertiary/aromatic N) is 2. The first kappa shape index (κ1) is 15.0. The Bertz CT molecular complexity index is 651. The molecule has 4 rings (SSSR count). The van der Waals surface area contributed by atoms with Crippen LogP contribution in [0, 0.1) is 17.3 Å². The minimum atomic E-state index is 0.305. The van der Waals surface area contributed by atoms with Crippen molar-refractivity contribution in [3.05, 3.63) is 29.3 Å². The molecule has 1 aromatic carbocycles. The van der Waals surface area contributed by atoms with Gasteiger partial charge in [-0.2, -0.15) is 5.10 Å². The Labute approximate surface area is 139 Å². The van der Waals surface area contributed by atoms with Crippen LogP contribution >= 0.6 is 0 Å². The highest BCUT2D eigenvalue weighted by molar-refractivity contribution is 5.92. The van der Waals surface area contributed by atoms with E-state index >= 15 is 0 Å². The van der Waals surface area contributed by atoms with Gasteiger partial charge in [-0.1, -0.05) is 13.0 Å². The van der Waals surface area contributed by atoms with Crippen molar-refractivity contribution in [3.63, 3.8) is 0 Å². The summed E-state index contributed by atoms with van der Waals surface area (Å²) in [6.07, 6.45) is 7.39. The predicted molar refractivity (Wildman–Crippen MR) is 93.8 cm³/mol. The molecule has 0 bridgehead atoms. The van der Waals surface area contributed by atoms with Crippen LogP contribution in [0.5, 0.6) is 5.75 Å². The van der Waals surface area contributed by atoms with Crippen LogP contribution in [-0.2, 0) is 6.42 Å². The van der Waals surface area contributed by atoms with E-state index in [4.69, 9.17) is 5.10 Å². The zero-order valence-electron chi connectivity index (χ0n) is 14.5. The first-order valence-corrected chi connectivity index (χ1v) is 9.06. The van der Waals surface area contributed by atoms with Gasteiger partial charge in [-0.05, 0) is 79.5 Å². The average molecular weight is 312 g/mol. The van der Waals surface area contributed by atoms with Crippen LogP contribution in [0.25, 0.3) is 0 Å². The zero-order valence-corrected chi connectivity index (χ0v) is 14.5. The maximum atomic E-state index is 9.77. The van der Waals surface area contributed by atoms with E-state index in [0.29, 0.717) is 17.1 Å². The Morgan fingerprint density at radius 3 is 2.78 bits per heavy atom. The molecule has 4 atom stereocenters. The summed E-state index contributed by atoms with van der Waals surface area (Å²) >= 11 is 0. The molecule has 0 amide bonds. The Morgan fingerprint density at radius 2 is 2.00 bits per heavy atom. The highest BCUT2D eigenvalue weighted by Gasteiger charge is 2.53.